The highest BCUT2D eigenvalue weighted by molar-refractivity contribution is 5.82. The van der Waals surface area contributed by atoms with Crippen LogP contribution in [0.25, 0.3) is 22.3 Å². The molecule has 0 bridgehead atoms. The van der Waals surface area contributed by atoms with Gasteiger partial charge in [0.05, 0.1) is 29.1 Å². The van der Waals surface area contributed by atoms with Gasteiger partial charge in [0.2, 0.25) is 0 Å². The first kappa shape index (κ1) is 18.3. The van der Waals surface area contributed by atoms with Crippen LogP contribution in [-0.2, 0) is 13.0 Å². The Labute approximate surface area is 177 Å². The van der Waals surface area contributed by atoms with Gasteiger partial charge in [0.15, 0.2) is 0 Å². The molecule has 0 unspecified atom stereocenters. The van der Waals surface area contributed by atoms with Gasteiger partial charge in [-0.3, -0.25) is 9.88 Å². The first-order chi connectivity index (χ1) is 14.8. The lowest BCUT2D eigenvalue weighted by Gasteiger charge is -2.36. The Balaban J connectivity index is 1.24. The Morgan fingerprint density at radius 3 is 2.50 bits per heavy atom. The van der Waals surface area contributed by atoms with Crippen molar-refractivity contribution in [3.8, 4) is 11.3 Å². The van der Waals surface area contributed by atoms with Gasteiger partial charge in [-0.25, -0.2) is 9.97 Å². The summed E-state index contributed by atoms with van der Waals surface area (Å²) in [5.74, 6) is 2.24. The van der Waals surface area contributed by atoms with Gasteiger partial charge in [-0.1, -0.05) is 12.5 Å². The second kappa shape index (κ2) is 7.65. The van der Waals surface area contributed by atoms with Gasteiger partial charge >= 0.3 is 0 Å². The first-order valence-corrected chi connectivity index (χ1v) is 11.7. The summed E-state index contributed by atoms with van der Waals surface area (Å²) >= 11 is 0. The molecule has 1 aliphatic carbocycles. The van der Waals surface area contributed by atoms with Gasteiger partial charge in [-0.05, 0) is 44.2 Å². The van der Waals surface area contributed by atoms with Crippen LogP contribution in [0.4, 0.5) is 5.82 Å². The SMILES string of the molecule is c1cc2c(cc1-c1cnc(N3CCCCC3)cn1)nc1n2CCN(C2CCC2)CC1. The smallest absolute Gasteiger partial charge is 0.147 e. The average Bonchev–Trinajstić information content (AvgIpc) is 2.99. The Morgan fingerprint density at radius 2 is 1.73 bits per heavy atom. The molecule has 0 radical (unpaired) electrons. The van der Waals surface area contributed by atoms with E-state index in [4.69, 9.17) is 15.0 Å². The van der Waals surface area contributed by atoms with Crippen molar-refractivity contribution in [3.05, 3.63) is 36.4 Å². The molecule has 156 valence electrons. The van der Waals surface area contributed by atoms with Crippen LogP contribution in [0.3, 0.4) is 0 Å². The minimum Gasteiger partial charge on any atom is -0.355 e. The molecule has 0 spiro atoms. The van der Waals surface area contributed by atoms with E-state index in [9.17, 15) is 0 Å². The van der Waals surface area contributed by atoms with Gasteiger partial charge in [0.25, 0.3) is 0 Å². The predicted octanol–water partition coefficient (Wildman–Crippen LogP) is 3.89. The molecule has 3 aliphatic rings. The van der Waals surface area contributed by atoms with Gasteiger partial charge < -0.3 is 9.47 Å². The molecule has 0 atom stereocenters. The Bertz CT molecular complexity index is 1030. The van der Waals surface area contributed by atoms with Crippen LogP contribution >= 0.6 is 0 Å². The molecule has 30 heavy (non-hydrogen) atoms. The number of imidazole rings is 1. The number of anilines is 1. The number of nitrogens with zero attached hydrogens (tertiary/aromatic N) is 6. The van der Waals surface area contributed by atoms with E-state index in [0.717, 1.165) is 67.8 Å². The minimum atomic E-state index is 0.818. The molecule has 2 fully saturated rings. The van der Waals surface area contributed by atoms with Crippen molar-refractivity contribution in [2.75, 3.05) is 31.1 Å². The fraction of sp³-hybridized carbons (Fsp3) is 0.542. The third kappa shape index (κ3) is 3.27. The quantitative estimate of drug-likeness (QED) is 0.665. The molecule has 6 heteroatoms. The highest BCUT2D eigenvalue weighted by Crippen LogP contribution is 2.29. The second-order valence-electron chi connectivity index (χ2n) is 9.06. The van der Waals surface area contributed by atoms with E-state index in [1.165, 1.54) is 49.9 Å². The number of piperidine rings is 1. The molecule has 4 heterocycles. The lowest BCUT2D eigenvalue weighted by Crippen LogP contribution is -2.41. The van der Waals surface area contributed by atoms with E-state index in [1.807, 2.05) is 12.4 Å². The largest absolute Gasteiger partial charge is 0.355 e. The maximum atomic E-state index is 5.01. The van der Waals surface area contributed by atoms with Gasteiger partial charge in [-0.2, -0.15) is 0 Å². The number of benzene rings is 1. The van der Waals surface area contributed by atoms with Crippen molar-refractivity contribution in [1.29, 1.82) is 0 Å². The summed E-state index contributed by atoms with van der Waals surface area (Å²) in [7, 11) is 0. The standard InChI is InChI=1S/C24H30N6/c1-2-10-29(11-3-1)24-17-25-21(16-26-24)18-7-8-22-20(15-18)27-23-9-12-28(13-14-30(22)23)19-5-4-6-19/h7-8,15-17,19H,1-6,9-14H2. The molecule has 1 saturated heterocycles. The monoisotopic (exact) mass is 402 g/mol. The third-order valence-electron chi connectivity index (χ3n) is 7.27. The Hall–Kier alpha value is -2.47. The number of fused-ring (bicyclic) bond motifs is 3. The molecule has 6 nitrogen and oxygen atoms in total. The zero-order valence-corrected chi connectivity index (χ0v) is 17.6. The van der Waals surface area contributed by atoms with Crippen molar-refractivity contribution >= 4 is 16.9 Å². The van der Waals surface area contributed by atoms with Crippen LogP contribution in [0.1, 0.15) is 44.3 Å². The molecular formula is C24H30N6. The highest BCUT2D eigenvalue weighted by atomic mass is 15.2. The van der Waals surface area contributed by atoms with E-state index in [2.05, 4.69) is 32.6 Å². The molecule has 2 aromatic heterocycles. The lowest BCUT2D eigenvalue weighted by molar-refractivity contribution is 0.130. The van der Waals surface area contributed by atoms with Crippen molar-refractivity contribution in [2.24, 2.45) is 0 Å². The summed E-state index contributed by atoms with van der Waals surface area (Å²) in [6.07, 6.45) is 12.9. The molecule has 1 saturated carbocycles. The van der Waals surface area contributed by atoms with Crippen molar-refractivity contribution in [3.63, 3.8) is 0 Å². The predicted molar refractivity (Wildman–Crippen MR) is 120 cm³/mol. The molecule has 0 amide bonds. The van der Waals surface area contributed by atoms with E-state index in [-0.39, 0.29) is 0 Å². The summed E-state index contributed by atoms with van der Waals surface area (Å²) in [6, 6.07) is 7.40. The summed E-state index contributed by atoms with van der Waals surface area (Å²) in [4.78, 5) is 19.5. The summed E-state index contributed by atoms with van der Waals surface area (Å²) in [5, 5.41) is 0. The number of hydrogen-bond acceptors (Lipinski definition) is 5. The number of aromatic nitrogens is 4. The average molecular weight is 403 g/mol. The van der Waals surface area contributed by atoms with Crippen LogP contribution in [0, 0.1) is 0 Å². The van der Waals surface area contributed by atoms with Crippen LogP contribution < -0.4 is 4.90 Å². The highest BCUT2D eigenvalue weighted by Gasteiger charge is 2.27. The molecule has 0 N–H and O–H groups in total. The van der Waals surface area contributed by atoms with Crippen LogP contribution in [0.15, 0.2) is 30.6 Å². The minimum absolute atomic E-state index is 0.818. The molecule has 2 aliphatic heterocycles. The van der Waals surface area contributed by atoms with Gasteiger partial charge in [-0.15, -0.1) is 0 Å². The van der Waals surface area contributed by atoms with Gasteiger partial charge in [0.1, 0.15) is 11.6 Å². The fourth-order valence-electron chi connectivity index (χ4n) is 5.24. The number of hydrogen-bond donors (Lipinski definition) is 0. The van der Waals surface area contributed by atoms with Gasteiger partial charge in [0, 0.05) is 50.7 Å². The first-order valence-electron chi connectivity index (χ1n) is 11.7. The molecule has 1 aromatic carbocycles. The van der Waals surface area contributed by atoms with E-state index in [1.54, 1.807) is 0 Å². The van der Waals surface area contributed by atoms with E-state index >= 15 is 0 Å². The van der Waals surface area contributed by atoms with Crippen molar-refractivity contribution in [1.82, 2.24) is 24.4 Å². The van der Waals surface area contributed by atoms with Crippen LogP contribution in [0.5, 0.6) is 0 Å². The normalized spacial score (nSPS) is 20.7. The Morgan fingerprint density at radius 1 is 0.833 bits per heavy atom. The van der Waals surface area contributed by atoms with Crippen LogP contribution in [0.2, 0.25) is 0 Å². The third-order valence-corrected chi connectivity index (χ3v) is 7.27. The lowest BCUT2D eigenvalue weighted by atomic mass is 9.91. The summed E-state index contributed by atoms with van der Waals surface area (Å²) in [5.41, 5.74) is 4.37. The van der Waals surface area contributed by atoms with Crippen molar-refractivity contribution in [2.45, 2.75) is 57.5 Å². The summed E-state index contributed by atoms with van der Waals surface area (Å²) < 4.78 is 2.43. The maximum Gasteiger partial charge on any atom is 0.147 e. The Kier molecular flexibility index (Phi) is 4.67. The molecular weight excluding hydrogens is 372 g/mol. The zero-order chi connectivity index (χ0) is 19.9. The zero-order valence-electron chi connectivity index (χ0n) is 17.6. The molecule has 3 aromatic rings. The number of rotatable bonds is 3. The summed E-state index contributed by atoms with van der Waals surface area (Å²) in [6.45, 7) is 5.53. The topological polar surface area (TPSA) is 50.1 Å². The van der Waals surface area contributed by atoms with E-state index in [0.29, 0.717) is 0 Å². The van der Waals surface area contributed by atoms with E-state index < -0.39 is 0 Å². The van der Waals surface area contributed by atoms with Crippen LogP contribution in [-0.4, -0.2) is 56.6 Å². The van der Waals surface area contributed by atoms with Crippen molar-refractivity contribution < 1.29 is 0 Å². The molecule has 6 rings (SSSR count). The maximum absolute atomic E-state index is 5.01. The second-order valence-corrected chi connectivity index (χ2v) is 9.06. The fourth-order valence-corrected chi connectivity index (χ4v) is 5.24.